The molecule has 1 aromatic heterocycles. The summed E-state index contributed by atoms with van der Waals surface area (Å²) in [6.07, 6.45) is 0.573. The van der Waals surface area contributed by atoms with Crippen molar-refractivity contribution in [1.82, 2.24) is 10.2 Å². The lowest BCUT2D eigenvalue weighted by molar-refractivity contribution is 0.413. The highest BCUT2D eigenvalue weighted by Gasteiger charge is 2.13. The average Bonchev–Trinajstić information content (AvgIpc) is 2.78. The molecule has 0 saturated heterocycles. The van der Waals surface area contributed by atoms with Crippen LogP contribution in [0, 0.1) is 0 Å². The van der Waals surface area contributed by atoms with E-state index in [0.29, 0.717) is 30.5 Å². The Morgan fingerprint density at radius 2 is 2.24 bits per heavy atom. The molecule has 2 N–H and O–H groups in total. The Morgan fingerprint density at radius 1 is 1.41 bits per heavy atom. The number of ether oxygens (including phenoxy) is 1. The van der Waals surface area contributed by atoms with Crippen LogP contribution in [0.1, 0.15) is 5.89 Å². The predicted molar refractivity (Wildman–Crippen MR) is 66.7 cm³/mol. The Balaban J connectivity index is 2.40. The van der Waals surface area contributed by atoms with E-state index in [2.05, 4.69) is 26.1 Å². The number of benzene rings is 1. The van der Waals surface area contributed by atoms with E-state index in [1.165, 1.54) is 0 Å². The molecule has 0 atom stereocenters. The van der Waals surface area contributed by atoms with Crippen LogP contribution in [0.25, 0.3) is 11.5 Å². The van der Waals surface area contributed by atoms with Crippen LogP contribution in [0.3, 0.4) is 0 Å². The van der Waals surface area contributed by atoms with Gasteiger partial charge in [-0.2, -0.15) is 0 Å². The fourth-order valence-corrected chi connectivity index (χ4v) is 1.80. The van der Waals surface area contributed by atoms with Crippen molar-refractivity contribution in [2.45, 2.75) is 6.42 Å². The second-order valence-corrected chi connectivity index (χ2v) is 4.30. The van der Waals surface area contributed by atoms with Gasteiger partial charge in [-0.25, -0.2) is 0 Å². The minimum atomic E-state index is 0.437. The molecule has 0 saturated carbocycles. The lowest BCUT2D eigenvalue weighted by Crippen LogP contribution is -2.02. The van der Waals surface area contributed by atoms with E-state index in [1.54, 1.807) is 7.11 Å². The van der Waals surface area contributed by atoms with E-state index in [1.807, 2.05) is 18.2 Å². The van der Waals surface area contributed by atoms with Crippen LogP contribution < -0.4 is 10.5 Å². The molecule has 0 aliphatic heterocycles. The van der Waals surface area contributed by atoms with Gasteiger partial charge in [-0.15, -0.1) is 10.2 Å². The molecule has 2 rings (SSSR count). The zero-order chi connectivity index (χ0) is 12.3. The molecule has 0 aliphatic rings. The highest BCUT2D eigenvalue weighted by atomic mass is 79.9. The zero-order valence-electron chi connectivity index (χ0n) is 9.31. The van der Waals surface area contributed by atoms with Gasteiger partial charge in [0.1, 0.15) is 5.75 Å². The van der Waals surface area contributed by atoms with E-state index >= 15 is 0 Å². The van der Waals surface area contributed by atoms with E-state index in [0.717, 1.165) is 10.0 Å². The van der Waals surface area contributed by atoms with Crippen LogP contribution in [-0.2, 0) is 6.42 Å². The van der Waals surface area contributed by atoms with Crippen molar-refractivity contribution in [1.29, 1.82) is 0 Å². The third kappa shape index (κ3) is 2.65. The number of nitrogens with zero attached hydrogens (tertiary/aromatic N) is 2. The van der Waals surface area contributed by atoms with Gasteiger partial charge < -0.3 is 14.9 Å². The van der Waals surface area contributed by atoms with Gasteiger partial charge in [0.15, 0.2) is 0 Å². The van der Waals surface area contributed by atoms with E-state index in [9.17, 15) is 0 Å². The third-order valence-electron chi connectivity index (χ3n) is 2.22. The molecule has 0 spiro atoms. The first-order valence-electron chi connectivity index (χ1n) is 5.11. The number of hydrogen-bond donors (Lipinski definition) is 1. The van der Waals surface area contributed by atoms with Gasteiger partial charge in [-0.3, -0.25) is 0 Å². The maximum atomic E-state index is 5.50. The number of methoxy groups -OCH3 is 1. The van der Waals surface area contributed by atoms with Crippen LogP contribution in [-0.4, -0.2) is 23.9 Å². The van der Waals surface area contributed by atoms with Gasteiger partial charge in [0.05, 0.1) is 12.7 Å². The highest BCUT2D eigenvalue weighted by molar-refractivity contribution is 9.10. The topological polar surface area (TPSA) is 74.2 Å². The summed E-state index contributed by atoms with van der Waals surface area (Å²) in [4.78, 5) is 0. The van der Waals surface area contributed by atoms with E-state index < -0.39 is 0 Å². The molecule has 0 unspecified atom stereocenters. The predicted octanol–water partition coefficient (Wildman–Crippen LogP) is 2.01. The fourth-order valence-electron chi connectivity index (χ4n) is 1.43. The van der Waals surface area contributed by atoms with E-state index in [-0.39, 0.29) is 0 Å². The van der Waals surface area contributed by atoms with Crippen LogP contribution in [0.4, 0.5) is 0 Å². The molecule has 90 valence electrons. The van der Waals surface area contributed by atoms with Gasteiger partial charge in [-0.05, 0) is 18.2 Å². The molecule has 0 fully saturated rings. The summed E-state index contributed by atoms with van der Waals surface area (Å²) in [5, 5.41) is 7.90. The van der Waals surface area contributed by atoms with Crippen molar-refractivity contribution in [2.24, 2.45) is 5.73 Å². The fraction of sp³-hybridized carbons (Fsp3) is 0.273. The lowest BCUT2D eigenvalue weighted by Gasteiger charge is -2.04. The molecule has 5 nitrogen and oxygen atoms in total. The quantitative estimate of drug-likeness (QED) is 0.934. The van der Waals surface area contributed by atoms with Gasteiger partial charge in [-0.1, -0.05) is 15.9 Å². The molecular formula is C11H12BrN3O2. The lowest BCUT2D eigenvalue weighted by atomic mass is 10.2. The summed E-state index contributed by atoms with van der Waals surface area (Å²) in [6.45, 7) is 0.483. The molecule has 1 heterocycles. The second kappa shape index (κ2) is 5.29. The number of nitrogens with two attached hydrogens (primary N) is 1. The van der Waals surface area contributed by atoms with Crippen molar-refractivity contribution in [3.63, 3.8) is 0 Å². The smallest absolute Gasteiger partial charge is 0.251 e. The average molecular weight is 298 g/mol. The molecule has 0 aliphatic carbocycles. The molecular weight excluding hydrogens is 286 g/mol. The first-order valence-corrected chi connectivity index (χ1v) is 5.90. The van der Waals surface area contributed by atoms with Crippen LogP contribution in [0.2, 0.25) is 0 Å². The summed E-state index contributed by atoms with van der Waals surface area (Å²) < 4.78 is 11.7. The van der Waals surface area contributed by atoms with Crippen molar-refractivity contribution in [3.05, 3.63) is 28.6 Å². The standard InChI is InChI=1S/C11H12BrN3O2/c1-16-9-3-2-7(12)6-8(9)11-15-14-10(17-11)4-5-13/h2-3,6H,4-5,13H2,1H3. The molecule has 0 radical (unpaired) electrons. The highest BCUT2D eigenvalue weighted by Crippen LogP contribution is 2.31. The summed E-state index contributed by atoms with van der Waals surface area (Å²) in [6, 6.07) is 5.60. The Labute approximate surface area is 107 Å². The molecule has 2 aromatic rings. The molecule has 0 bridgehead atoms. The van der Waals surface area contributed by atoms with Gasteiger partial charge in [0.25, 0.3) is 5.89 Å². The van der Waals surface area contributed by atoms with Crippen LogP contribution in [0.5, 0.6) is 5.75 Å². The first kappa shape index (κ1) is 12.1. The summed E-state index contributed by atoms with van der Waals surface area (Å²) in [7, 11) is 1.60. The van der Waals surface area contributed by atoms with Crippen molar-refractivity contribution in [2.75, 3.05) is 13.7 Å². The Kier molecular flexibility index (Phi) is 3.75. The number of hydrogen-bond acceptors (Lipinski definition) is 5. The largest absolute Gasteiger partial charge is 0.496 e. The summed E-state index contributed by atoms with van der Waals surface area (Å²) >= 11 is 3.39. The summed E-state index contributed by atoms with van der Waals surface area (Å²) in [5.74, 6) is 1.66. The van der Waals surface area contributed by atoms with Crippen LogP contribution in [0.15, 0.2) is 27.1 Å². The Bertz CT molecular complexity index is 513. The third-order valence-corrected chi connectivity index (χ3v) is 2.71. The zero-order valence-corrected chi connectivity index (χ0v) is 10.9. The molecule has 0 amide bonds. The number of aromatic nitrogens is 2. The second-order valence-electron chi connectivity index (χ2n) is 3.38. The maximum absolute atomic E-state index is 5.50. The Morgan fingerprint density at radius 3 is 2.94 bits per heavy atom. The minimum Gasteiger partial charge on any atom is -0.496 e. The molecule has 17 heavy (non-hydrogen) atoms. The number of rotatable bonds is 4. The van der Waals surface area contributed by atoms with Crippen molar-refractivity contribution < 1.29 is 9.15 Å². The molecule has 6 heteroatoms. The van der Waals surface area contributed by atoms with Crippen molar-refractivity contribution in [3.8, 4) is 17.2 Å². The normalized spacial score (nSPS) is 10.5. The van der Waals surface area contributed by atoms with Gasteiger partial charge in [0.2, 0.25) is 5.89 Å². The number of halogens is 1. The maximum Gasteiger partial charge on any atom is 0.251 e. The van der Waals surface area contributed by atoms with Gasteiger partial charge >= 0.3 is 0 Å². The van der Waals surface area contributed by atoms with E-state index in [4.69, 9.17) is 14.9 Å². The first-order chi connectivity index (χ1) is 8.24. The molecule has 1 aromatic carbocycles. The summed E-state index contributed by atoms with van der Waals surface area (Å²) in [5.41, 5.74) is 6.19. The minimum absolute atomic E-state index is 0.437. The Hall–Kier alpha value is -1.40. The monoisotopic (exact) mass is 297 g/mol. The van der Waals surface area contributed by atoms with Crippen LogP contribution >= 0.6 is 15.9 Å². The van der Waals surface area contributed by atoms with Crippen molar-refractivity contribution >= 4 is 15.9 Å². The SMILES string of the molecule is COc1ccc(Br)cc1-c1nnc(CCN)o1. The van der Waals surface area contributed by atoms with Gasteiger partial charge in [0, 0.05) is 17.4 Å².